The standard InChI is InChI=1S/C11H9O/c1-8(12)9-2-4-10(5-3-9)11-6-7-11/h2-7H,1H3. The molecule has 0 fully saturated rings. The Hall–Kier alpha value is -1.37. The van der Waals surface area contributed by atoms with Crippen LogP contribution in [0.15, 0.2) is 30.3 Å². The molecule has 0 N–H and O–H groups in total. The lowest BCUT2D eigenvalue weighted by Crippen LogP contribution is -1.90. The SMILES string of the molecule is CC(=O)c1ccc(C2=C[CH]2)cc1. The first-order valence-electron chi connectivity index (χ1n) is 3.94. The zero-order chi connectivity index (χ0) is 8.55. The van der Waals surface area contributed by atoms with Crippen molar-refractivity contribution in [3.63, 3.8) is 0 Å². The summed E-state index contributed by atoms with van der Waals surface area (Å²) in [5.41, 5.74) is 3.24. The average Bonchev–Trinajstić information content (AvgIpc) is 2.87. The van der Waals surface area contributed by atoms with E-state index in [0.717, 1.165) is 5.56 Å². The molecule has 12 heavy (non-hydrogen) atoms. The van der Waals surface area contributed by atoms with Crippen molar-refractivity contribution >= 4 is 11.4 Å². The molecule has 1 nitrogen and oxygen atoms in total. The van der Waals surface area contributed by atoms with Crippen molar-refractivity contribution in [2.24, 2.45) is 0 Å². The third-order valence-corrected chi connectivity index (χ3v) is 1.96. The van der Waals surface area contributed by atoms with Crippen molar-refractivity contribution < 1.29 is 4.79 Å². The van der Waals surface area contributed by atoms with Crippen LogP contribution in [0.25, 0.3) is 5.57 Å². The highest BCUT2D eigenvalue weighted by molar-refractivity contribution is 5.95. The molecule has 0 aromatic heterocycles. The predicted octanol–water partition coefficient (Wildman–Crippen LogP) is 2.49. The zero-order valence-corrected chi connectivity index (χ0v) is 6.87. The van der Waals surface area contributed by atoms with Gasteiger partial charge in [-0.2, -0.15) is 0 Å². The molecule has 1 aliphatic carbocycles. The highest BCUT2D eigenvalue weighted by atomic mass is 16.1. The zero-order valence-electron chi connectivity index (χ0n) is 6.87. The number of hydrogen-bond donors (Lipinski definition) is 0. The van der Waals surface area contributed by atoms with Crippen molar-refractivity contribution in [3.8, 4) is 0 Å². The van der Waals surface area contributed by atoms with Crippen molar-refractivity contribution in [3.05, 3.63) is 47.9 Å². The third-order valence-electron chi connectivity index (χ3n) is 1.96. The first kappa shape index (κ1) is 7.29. The van der Waals surface area contributed by atoms with E-state index >= 15 is 0 Å². The van der Waals surface area contributed by atoms with E-state index in [-0.39, 0.29) is 5.78 Å². The molecule has 0 heterocycles. The molecule has 1 radical (unpaired) electrons. The minimum Gasteiger partial charge on any atom is -0.295 e. The van der Waals surface area contributed by atoms with E-state index in [0.29, 0.717) is 0 Å². The monoisotopic (exact) mass is 157 g/mol. The van der Waals surface area contributed by atoms with E-state index in [4.69, 9.17) is 0 Å². The van der Waals surface area contributed by atoms with Crippen LogP contribution in [0.3, 0.4) is 0 Å². The van der Waals surface area contributed by atoms with Gasteiger partial charge in [0.05, 0.1) is 0 Å². The number of ketones is 1. The largest absolute Gasteiger partial charge is 0.295 e. The molecule has 0 amide bonds. The second-order valence-corrected chi connectivity index (χ2v) is 2.92. The van der Waals surface area contributed by atoms with Gasteiger partial charge in [0, 0.05) is 12.0 Å². The van der Waals surface area contributed by atoms with Crippen LogP contribution in [0.5, 0.6) is 0 Å². The number of hydrogen-bond acceptors (Lipinski definition) is 1. The maximum atomic E-state index is 10.9. The Kier molecular flexibility index (Phi) is 1.58. The van der Waals surface area contributed by atoms with Crippen LogP contribution in [0.1, 0.15) is 22.8 Å². The molecule has 2 rings (SSSR count). The molecule has 1 aliphatic rings. The Morgan fingerprint density at radius 1 is 1.17 bits per heavy atom. The molecule has 1 aromatic carbocycles. The summed E-state index contributed by atoms with van der Waals surface area (Å²) in [6.07, 6.45) is 4.12. The van der Waals surface area contributed by atoms with E-state index in [1.807, 2.05) is 24.3 Å². The van der Waals surface area contributed by atoms with Gasteiger partial charge in [0.1, 0.15) is 0 Å². The summed E-state index contributed by atoms with van der Waals surface area (Å²) in [5, 5.41) is 0. The number of carbonyl (C=O) groups is 1. The first-order valence-corrected chi connectivity index (χ1v) is 3.94. The van der Waals surface area contributed by atoms with Gasteiger partial charge in [-0.15, -0.1) is 0 Å². The lowest BCUT2D eigenvalue weighted by molar-refractivity contribution is 0.101. The van der Waals surface area contributed by atoms with Gasteiger partial charge >= 0.3 is 0 Å². The lowest BCUT2D eigenvalue weighted by Gasteiger charge is -1.96. The van der Waals surface area contributed by atoms with Crippen LogP contribution in [-0.2, 0) is 0 Å². The number of Topliss-reactive ketones (excluding diaryl/α,β-unsaturated/α-hetero) is 1. The summed E-state index contributed by atoms with van der Waals surface area (Å²) in [6, 6.07) is 7.69. The molecule has 0 aliphatic heterocycles. The molecule has 0 spiro atoms. The third kappa shape index (κ3) is 1.30. The van der Waals surface area contributed by atoms with Gasteiger partial charge in [-0.3, -0.25) is 4.79 Å². The smallest absolute Gasteiger partial charge is 0.159 e. The quantitative estimate of drug-likeness (QED) is 0.603. The summed E-state index contributed by atoms with van der Waals surface area (Å²) in [5.74, 6) is 0.121. The molecule has 0 unspecified atom stereocenters. The van der Waals surface area contributed by atoms with Crippen molar-refractivity contribution in [1.29, 1.82) is 0 Å². The van der Waals surface area contributed by atoms with Gasteiger partial charge in [0.15, 0.2) is 5.78 Å². The average molecular weight is 157 g/mol. The van der Waals surface area contributed by atoms with Gasteiger partial charge in [-0.1, -0.05) is 30.3 Å². The Morgan fingerprint density at radius 2 is 1.75 bits per heavy atom. The molecule has 0 bridgehead atoms. The number of carbonyl (C=O) groups excluding carboxylic acids is 1. The molecule has 1 heteroatoms. The molecule has 0 atom stereocenters. The molecule has 1 aromatic rings. The molecular weight excluding hydrogens is 148 g/mol. The predicted molar refractivity (Wildman–Crippen MR) is 48.7 cm³/mol. The van der Waals surface area contributed by atoms with Gasteiger partial charge in [0.2, 0.25) is 0 Å². The van der Waals surface area contributed by atoms with Crippen LogP contribution in [0.2, 0.25) is 0 Å². The highest BCUT2D eigenvalue weighted by Crippen LogP contribution is 2.29. The summed E-state index contributed by atoms with van der Waals surface area (Å²) >= 11 is 0. The maximum absolute atomic E-state index is 10.9. The van der Waals surface area contributed by atoms with Crippen LogP contribution in [-0.4, -0.2) is 5.78 Å². The second kappa shape index (κ2) is 2.59. The fourth-order valence-corrected chi connectivity index (χ4v) is 1.13. The van der Waals surface area contributed by atoms with E-state index in [1.54, 1.807) is 6.92 Å². The number of allylic oxidation sites excluding steroid dienone is 2. The van der Waals surface area contributed by atoms with Crippen molar-refractivity contribution in [2.75, 3.05) is 0 Å². The van der Waals surface area contributed by atoms with Crippen LogP contribution in [0, 0.1) is 6.42 Å². The second-order valence-electron chi connectivity index (χ2n) is 2.92. The van der Waals surface area contributed by atoms with Gasteiger partial charge in [-0.25, -0.2) is 0 Å². The van der Waals surface area contributed by atoms with E-state index in [9.17, 15) is 4.79 Å². The minimum absolute atomic E-state index is 0.121. The summed E-state index contributed by atoms with van der Waals surface area (Å²) in [6.45, 7) is 1.58. The number of benzene rings is 1. The lowest BCUT2D eigenvalue weighted by atomic mass is 10.1. The van der Waals surface area contributed by atoms with E-state index in [1.165, 1.54) is 11.1 Å². The minimum atomic E-state index is 0.121. The van der Waals surface area contributed by atoms with Gasteiger partial charge in [0.25, 0.3) is 0 Å². The molecule has 0 saturated carbocycles. The Labute approximate surface area is 71.7 Å². The first-order chi connectivity index (χ1) is 5.77. The van der Waals surface area contributed by atoms with Crippen LogP contribution >= 0.6 is 0 Å². The maximum Gasteiger partial charge on any atom is 0.159 e. The molecule has 59 valence electrons. The highest BCUT2D eigenvalue weighted by Gasteiger charge is 2.10. The summed E-state index contributed by atoms with van der Waals surface area (Å²) in [4.78, 5) is 10.9. The van der Waals surface area contributed by atoms with Crippen LogP contribution in [0.4, 0.5) is 0 Å². The van der Waals surface area contributed by atoms with Crippen LogP contribution < -0.4 is 0 Å². The van der Waals surface area contributed by atoms with E-state index < -0.39 is 0 Å². The normalized spacial score (nSPS) is 13.9. The Morgan fingerprint density at radius 3 is 2.17 bits per heavy atom. The van der Waals surface area contributed by atoms with Gasteiger partial charge in [-0.05, 0) is 18.1 Å². The Balaban J connectivity index is 2.30. The summed E-state index contributed by atoms with van der Waals surface area (Å²) in [7, 11) is 0. The van der Waals surface area contributed by atoms with Crippen molar-refractivity contribution in [1.82, 2.24) is 0 Å². The van der Waals surface area contributed by atoms with Gasteiger partial charge < -0.3 is 0 Å². The molecular formula is C11H9O. The topological polar surface area (TPSA) is 17.1 Å². The van der Waals surface area contributed by atoms with E-state index in [2.05, 4.69) is 12.5 Å². The Bertz CT molecular complexity index is 323. The number of rotatable bonds is 2. The molecule has 0 saturated heterocycles. The fraction of sp³-hybridized carbons (Fsp3) is 0.0909. The summed E-state index contributed by atoms with van der Waals surface area (Å²) < 4.78 is 0. The van der Waals surface area contributed by atoms with Crippen molar-refractivity contribution in [2.45, 2.75) is 6.92 Å². The fourth-order valence-electron chi connectivity index (χ4n) is 1.13.